The number of halogens is 1. The second-order valence-corrected chi connectivity index (χ2v) is 16.1. The molecule has 0 radical (unpaired) electrons. The highest BCUT2D eigenvalue weighted by Gasteiger charge is 2.65. The van der Waals surface area contributed by atoms with Gasteiger partial charge in [0, 0.05) is 12.9 Å². The molecular formula is C26H36ClP2+. The number of unbranched alkanes of at least 4 members (excludes halogenated alkanes) is 4. The predicted molar refractivity (Wildman–Crippen MR) is 135 cm³/mol. The number of hydrogen-bond donors (Lipinski definition) is 0. The summed E-state index contributed by atoms with van der Waals surface area (Å²) in [5.74, 6) is 0. The summed E-state index contributed by atoms with van der Waals surface area (Å²) in [5.41, 5.74) is 7.86. The Labute approximate surface area is 185 Å². The molecule has 2 aromatic rings. The number of rotatable bonds is 9. The van der Waals surface area contributed by atoms with Gasteiger partial charge in [-0.3, -0.25) is 0 Å². The number of fused-ring (bicyclic) bond motifs is 3. The van der Waals surface area contributed by atoms with Gasteiger partial charge in [0.2, 0.25) is 0 Å². The Balaban J connectivity index is 1.69. The van der Waals surface area contributed by atoms with Crippen LogP contribution in [0.4, 0.5) is 0 Å². The Morgan fingerprint density at radius 1 is 0.897 bits per heavy atom. The molecule has 4 rings (SSSR count). The van der Waals surface area contributed by atoms with Crippen molar-refractivity contribution in [1.29, 1.82) is 0 Å². The van der Waals surface area contributed by atoms with Crippen molar-refractivity contribution in [1.82, 2.24) is 0 Å². The summed E-state index contributed by atoms with van der Waals surface area (Å²) >= 11 is 7.30. The zero-order valence-electron chi connectivity index (χ0n) is 18.0. The fourth-order valence-corrected chi connectivity index (χ4v) is 16.6. The lowest BCUT2D eigenvalue weighted by Crippen LogP contribution is -2.09. The van der Waals surface area contributed by atoms with Crippen LogP contribution in [0.5, 0.6) is 0 Å². The third-order valence-corrected chi connectivity index (χ3v) is 16.9. The first-order chi connectivity index (χ1) is 14.2. The van der Waals surface area contributed by atoms with Gasteiger partial charge in [0.25, 0.3) is 0 Å². The summed E-state index contributed by atoms with van der Waals surface area (Å²) in [5, 5.41) is 0. The van der Waals surface area contributed by atoms with Crippen molar-refractivity contribution in [2.75, 3.05) is 6.16 Å². The number of alkyl halides is 1. The van der Waals surface area contributed by atoms with Gasteiger partial charge >= 0.3 is 0 Å². The second-order valence-electron chi connectivity index (χ2n) is 8.97. The van der Waals surface area contributed by atoms with E-state index in [0.29, 0.717) is 16.2 Å². The quantitative estimate of drug-likeness (QED) is 0.205. The van der Waals surface area contributed by atoms with Gasteiger partial charge in [-0.15, -0.1) is 0 Å². The summed E-state index contributed by atoms with van der Waals surface area (Å²) in [7, 11) is -0.317. The number of benzene rings is 2. The minimum Gasteiger partial charge on any atom is -0.0742 e. The number of aryl methyl sites for hydroxylation is 1. The molecule has 2 aromatic carbocycles. The van der Waals surface area contributed by atoms with Gasteiger partial charge in [-0.05, 0) is 50.1 Å². The van der Waals surface area contributed by atoms with Crippen molar-refractivity contribution in [3.05, 3.63) is 70.8 Å². The first-order valence-corrected chi connectivity index (χ1v) is 15.5. The predicted octanol–water partition coefficient (Wildman–Crippen LogP) is 9.14. The largest absolute Gasteiger partial charge is 0.158 e. The van der Waals surface area contributed by atoms with E-state index in [0.717, 1.165) is 8.58 Å². The van der Waals surface area contributed by atoms with Crippen molar-refractivity contribution in [3.8, 4) is 0 Å². The monoisotopic (exact) mass is 445 g/mol. The molecule has 0 nitrogen and oxygen atoms in total. The Morgan fingerprint density at radius 3 is 2.41 bits per heavy atom. The first-order valence-electron chi connectivity index (χ1n) is 11.6. The fraction of sp³-hybridized carbons (Fsp3) is 0.538. The molecule has 1 saturated heterocycles. The summed E-state index contributed by atoms with van der Waals surface area (Å²) in [6.45, 7) is 4.63. The number of hydrogen-bond acceptors (Lipinski definition) is 0. The highest BCUT2D eigenvalue weighted by molar-refractivity contribution is 7.87. The van der Waals surface area contributed by atoms with E-state index >= 15 is 0 Å². The highest BCUT2D eigenvalue weighted by atomic mass is 35.5. The zero-order chi connectivity index (χ0) is 20.3. The van der Waals surface area contributed by atoms with Gasteiger partial charge in [0.1, 0.15) is 5.66 Å². The minimum absolute atomic E-state index is 0.421. The molecule has 0 saturated carbocycles. The smallest absolute Gasteiger partial charge is 0.0742 e. The van der Waals surface area contributed by atoms with E-state index in [1.807, 2.05) is 0 Å². The van der Waals surface area contributed by atoms with Gasteiger partial charge in [-0.1, -0.05) is 99.7 Å². The Hall–Kier alpha value is -0.410. The lowest BCUT2D eigenvalue weighted by atomic mass is 9.94. The first kappa shape index (κ1) is 21.8. The highest BCUT2D eigenvalue weighted by Crippen LogP contribution is 2.92. The van der Waals surface area contributed by atoms with Crippen molar-refractivity contribution in [2.45, 2.75) is 81.1 Å². The molecule has 0 aliphatic carbocycles. The van der Waals surface area contributed by atoms with Gasteiger partial charge < -0.3 is 0 Å². The summed E-state index contributed by atoms with van der Waals surface area (Å²) < 4.78 is 0. The van der Waals surface area contributed by atoms with Gasteiger partial charge in [-0.2, -0.15) is 0 Å². The van der Waals surface area contributed by atoms with Crippen molar-refractivity contribution in [3.63, 3.8) is 0 Å². The van der Waals surface area contributed by atoms with E-state index in [-0.39, 0.29) is 0 Å². The molecule has 0 aromatic heterocycles. The molecule has 1 fully saturated rings. The maximum Gasteiger partial charge on any atom is 0.158 e. The fourth-order valence-electron chi connectivity index (χ4n) is 5.60. The van der Waals surface area contributed by atoms with E-state index in [1.165, 1.54) is 57.3 Å². The molecule has 0 N–H and O–H groups in total. The molecule has 156 valence electrons. The maximum atomic E-state index is 7.30. The third kappa shape index (κ3) is 4.20. The summed E-state index contributed by atoms with van der Waals surface area (Å²) in [6.07, 6.45) is 11.9. The molecule has 0 bridgehead atoms. The molecule has 5 atom stereocenters. The Kier molecular flexibility index (Phi) is 7.38. The normalized spacial score (nSPS) is 28.6. The van der Waals surface area contributed by atoms with E-state index in [9.17, 15) is 0 Å². The third-order valence-electron chi connectivity index (χ3n) is 7.09. The molecular weight excluding hydrogens is 410 g/mol. The van der Waals surface area contributed by atoms with Crippen LogP contribution >= 0.6 is 27.4 Å². The molecule has 3 unspecified atom stereocenters. The van der Waals surface area contributed by atoms with Gasteiger partial charge in [-0.25, -0.2) is 0 Å². The zero-order valence-corrected chi connectivity index (χ0v) is 20.7. The van der Waals surface area contributed by atoms with E-state index in [1.54, 1.807) is 22.3 Å². The lowest BCUT2D eigenvalue weighted by Gasteiger charge is -2.27. The van der Waals surface area contributed by atoms with E-state index in [4.69, 9.17) is 11.6 Å². The van der Waals surface area contributed by atoms with Crippen LogP contribution in [0, 0.1) is 0 Å². The van der Waals surface area contributed by atoms with Crippen LogP contribution in [-0.2, 0) is 12.6 Å². The topological polar surface area (TPSA) is 0 Å². The van der Waals surface area contributed by atoms with Crippen LogP contribution in [0.2, 0.25) is 0 Å². The molecule has 2 aliphatic rings. The molecule has 3 heteroatoms. The second kappa shape index (κ2) is 9.81. The van der Waals surface area contributed by atoms with Crippen LogP contribution < -0.4 is 0 Å². The molecule has 29 heavy (non-hydrogen) atoms. The van der Waals surface area contributed by atoms with Crippen molar-refractivity contribution >= 4 is 27.4 Å². The Bertz CT molecular complexity index is 820. The standard InChI is InChI=1S/C26H36ClP2/c1-3-5-7-8-13-20-14-9-11-16-22(20)24-25-23-17-12-10-15-21(23)19-29(25,18-6-4-2)26(27)28-24/h9-12,14-17,24-26,28H,3-8,13,18-19H2,1-2H3/q+1/t24-,25-,26?,29?/m1/s1. The Morgan fingerprint density at radius 2 is 1.62 bits per heavy atom. The van der Waals surface area contributed by atoms with Crippen LogP contribution in [0.3, 0.4) is 0 Å². The molecule has 0 spiro atoms. The molecule has 2 aliphatic heterocycles. The molecule has 2 heterocycles. The van der Waals surface area contributed by atoms with Crippen molar-refractivity contribution in [2.24, 2.45) is 0 Å². The summed E-state index contributed by atoms with van der Waals surface area (Å²) in [6, 6.07) is 18.7. The average molecular weight is 446 g/mol. The van der Waals surface area contributed by atoms with Crippen LogP contribution in [0.25, 0.3) is 0 Å². The maximum absolute atomic E-state index is 7.30. The van der Waals surface area contributed by atoms with Gasteiger partial charge in [0.05, 0.1) is 12.3 Å². The van der Waals surface area contributed by atoms with Crippen LogP contribution in [0.15, 0.2) is 48.5 Å². The van der Waals surface area contributed by atoms with Crippen LogP contribution in [-0.4, -0.2) is 11.0 Å². The summed E-state index contributed by atoms with van der Waals surface area (Å²) in [4.78, 5) is 0.421. The van der Waals surface area contributed by atoms with Crippen molar-refractivity contribution < 1.29 is 0 Å². The SMILES string of the molecule is CCCCCCc1ccccc1[C@H]1PC(Cl)[P+]2(CCCC)Cc3ccccc3[C@H]12. The average Bonchev–Trinajstić information content (AvgIpc) is 3.22. The van der Waals surface area contributed by atoms with E-state index < -0.39 is 7.26 Å². The molecule has 0 amide bonds. The van der Waals surface area contributed by atoms with E-state index in [2.05, 4.69) is 62.4 Å². The van der Waals surface area contributed by atoms with Gasteiger partial charge in [0.15, 0.2) is 4.86 Å². The minimum atomic E-state index is -1.20. The lowest BCUT2D eigenvalue weighted by molar-refractivity contribution is 0.663. The van der Waals surface area contributed by atoms with Crippen LogP contribution in [0.1, 0.15) is 85.9 Å².